The molecule has 0 bridgehead atoms. The first-order valence-electron chi connectivity index (χ1n) is 15.6. The molecule has 0 aliphatic heterocycles. The van der Waals surface area contributed by atoms with Gasteiger partial charge in [-0.05, 0) is 80.6 Å². The van der Waals surface area contributed by atoms with Gasteiger partial charge in [-0.15, -0.1) is 0 Å². The molecule has 3 aromatic carbocycles. The van der Waals surface area contributed by atoms with Crippen molar-refractivity contribution < 1.29 is 29.3 Å². The highest BCUT2D eigenvalue weighted by molar-refractivity contribution is 5.92. The first-order valence-corrected chi connectivity index (χ1v) is 15.6. The summed E-state index contributed by atoms with van der Waals surface area (Å²) >= 11 is 0. The minimum Gasteiger partial charge on any atom is -0.508 e. The van der Waals surface area contributed by atoms with Crippen LogP contribution in [0.1, 0.15) is 81.7 Å². The average Bonchev–Trinajstić information content (AvgIpc) is 2.99. The number of rotatable bonds is 14. The lowest BCUT2D eigenvalue weighted by Gasteiger charge is -2.35. The highest BCUT2D eigenvalue weighted by atomic mass is 16.6. The Bertz CT molecular complexity index is 1400. The number of nitrogens with one attached hydrogen (secondary N) is 2. The fourth-order valence-electron chi connectivity index (χ4n) is 5.00. The number of carbonyl (C=O) groups excluding carboxylic acids is 3. The number of hydrogen-bond donors (Lipinski definition) is 4. The van der Waals surface area contributed by atoms with Crippen LogP contribution in [0.3, 0.4) is 0 Å². The van der Waals surface area contributed by atoms with Crippen LogP contribution in [0.25, 0.3) is 0 Å². The Kier molecular flexibility index (Phi) is 12.8. The van der Waals surface area contributed by atoms with Crippen LogP contribution in [0.15, 0.2) is 72.8 Å². The van der Waals surface area contributed by atoms with Gasteiger partial charge in [0.1, 0.15) is 29.2 Å². The summed E-state index contributed by atoms with van der Waals surface area (Å²) in [4.78, 5) is 43.2. The Morgan fingerprint density at radius 1 is 0.889 bits per heavy atom. The number of aryl methyl sites for hydroxylation is 1. The van der Waals surface area contributed by atoms with Gasteiger partial charge in [0, 0.05) is 19.5 Å². The zero-order valence-corrected chi connectivity index (χ0v) is 27.0. The van der Waals surface area contributed by atoms with Gasteiger partial charge in [0.2, 0.25) is 11.8 Å². The fraction of sp³-hybridized carbons (Fsp3) is 0.417. The summed E-state index contributed by atoms with van der Waals surface area (Å²) in [6.45, 7) is 9.59. The molecule has 242 valence electrons. The lowest BCUT2D eigenvalue weighted by atomic mass is 9.98. The lowest BCUT2D eigenvalue weighted by molar-refractivity contribution is -0.142. The monoisotopic (exact) mass is 617 g/mol. The van der Waals surface area contributed by atoms with E-state index in [1.165, 1.54) is 23.1 Å². The average molecular weight is 618 g/mol. The van der Waals surface area contributed by atoms with E-state index in [4.69, 9.17) is 4.74 Å². The molecule has 0 radical (unpaired) electrons. The Morgan fingerprint density at radius 2 is 1.58 bits per heavy atom. The Morgan fingerprint density at radius 3 is 2.20 bits per heavy atom. The molecule has 9 heteroatoms. The molecule has 0 aliphatic carbocycles. The summed E-state index contributed by atoms with van der Waals surface area (Å²) in [5, 5.41) is 25.8. The maximum atomic E-state index is 14.6. The molecule has 2 atom stereocenters. The van der Waals surface area contributed by atoms with E-state index in [2.05, 4.69) is 17.6 Å². The zero-order valence-electron chi connectivity index (χ0n) is 27.0. The van der Waals surface area contributed by atoms with Crippen LogP contribution in [0.4, 0.5) is 4.79 Å². The van der Waals surface area contributed by atoms with Crippen LogP contribution >= 0.6 is 0 Å². The quantitative estimate of drug-likeness (QED) is 0.157. The van der Waals surface area contributed by atoms with Crippen molar-refractivity contribution in [3.05, 3.63) is 95.1 Å². The largest absolute Gasteiger partial charge is 0.508 e. The third kappa shape index (κ3) is 11.2. The second kappa shape index (κ2) is 16.5. The van der Waals surface area contributed by atoms with E-state index < -0.39 is 29.7 Å². The number of phenols is 2. The van der Waals surface area contributed by atoms with Gasteiger partial charge in [-0.25, -0.2) is 4.79 Å². The van der Waals surface area contributed by atoms with Gasteiger partial charge in [0.25, 0.3) is 0 Å². The molecule has 2 unspecified atom stereocenters. The molecule has 45 heavy (non-hydrogen) atoms. The number of hydrogen-bond acceptors (Lipinski definition) is 6. The second-order valence-corrected chi connectivity index (χ2v) is 12.3. The molecule has 4 N–H and O–H groups in total. The molecule has 0 saturated carbocycles. The summed E-state index contributed by atoms with van der Waals surface area (Å²) in [6.07, 6.45) is 2.83. The predicted octanol–water partition coefficient (Wildman–Crippen LogP) is 6.31. The topological polar surface area (TPSA) is 128 Å². The van der Waals surface area contributed by atoms with Crippen LogP contribution < -0.4 is 10.6 Å². The van der Waals surface area contributed by atoms with Crippen molar-refractivity contribution in [2.24, 2.45) is 0 Å². The molecule has 0 fully saturated rings. The van der Waals surface area contributed by atoms with Crippen molar-refractivity contribution in [2.45, 2.75) is 91.0 Å². The molecule has 0 heterocycles. The minimum atomic E-state index is -1.07. The molecule has 0 aromatic heterocycles. The number of amides is 3. The van der Waals surface area contributed by atoms with Crippen LogP contribution in [0.5, 0.6) is 11.5 Å². The van der Waals surface area contributed by atoms with E-state index in [0.717, 1.165) is 24.8 Å². The van der Waals surface area contributed by atoms with Crippen LogP contribution in [-0.2, 0) is 27.3 Å². The summed E-state index contributed by atoms with van der Waals surface area (Å²) < 4.78 is 5.51. The number of nitrogens with zero attached hydrogens (tertiary/aromatic N) is 1. The third-order valence-electron chi connectivity index (χ3n) is 7.31. The van der Waals surface area contributed by atoms with Crippen molar-refractivity contribution in [3.8, 4) is 11.5 Å². The van der Waals surface area contributed by atoms with Gasteiger partial charge < -0.3 is 30.5 Å². The summed E-state index contributed by atoms with van der Waals surface area (Å²) in [6, 6.07) is 18.7. The van der Waals surface area contributed by atoms with Gasteiger partial charge in [0.15, 0.2) is 0 Å². The number of aromatic hydroxyl groups is 2. The van der Waals surface area contributed by atoms with Crippen molar-refractivity contribution in [1.29, 1.82) is 0 Å². The summed E-state index contributed by atoms with van der Waals surface area (Å²) in [5.41, 5.74) is 1.93. The number of alkyl carbamates (subject to hydrolysis) is 1. The maximum absolute atomic E-state index is 14.6. The molecule has 9 nitrogen and oxygen atoms in total. The maximum Gasteiger partial charge on any atom is 0.408 e. The van der Waals surface area contributed by atoms with Crippen molar-refractivity contribution in [3.63, 3.8) is 0 Å². The summed E-state index contributed by atoms with van der Waals surface area (Å²) in [5.74, 6) is -0.665. The van der Waals surface area contributed by atoms with Crippen molar-refractivity contribution in [2.75, 3.05) is 6.54 Å². The van der Waals surface area contributed by atoms with Crippen LogP contribution in [-0.4, -0.2) is 51.2 Å². The van der Waals surface area contributed by atoms with Crippen LogP contribution in [0, 0.1) is 6.92 Å². The molecule has 3 amide bonds. The molecular formula is C36H47N3O6. The lowest BCUT2D eigenvalue weighted by Crippen LogP contribution is -2.54. The molecule has 3 aromatic rings. The Balaban J connectivity index is 2.05. The van der Waals surface area contributed by atoms with Crippen LogP contribution in [0.2, 0.25) is 0 Å². The normalized spacial score (nSPS) is 12.6. The number of phenolic OH excluding ortho intramolecular Hbond substituents is 2. The van der Waals surface area contributed by atoms with Gasteiger partial charge in [0.05, 0.1) is 0 Å². The Hall–Kier alpha value is -4.53. The minimum absolute atomic E-state index is 0.0807. The smallest absolute Gasteiger partial charge is 0.408 e. The van der Waals surface area contributed by atoms with E-state index in [0.29, 0.717) is 23.1 Å². The first kappa shape index (κ1) is 35.0. The fourth-order valence-corrected chi connectivity index (χ4v) is 5.00. The van der Waals surface area contributed by atoms with E-state index in [-0.39, 0.29) is 36.9 Å². The highest BCUT2D eigenvalue weighted by Crippen LogP contribution is 2.28. The van der Waals surface area contributed by atoms with Crippen molar-refractivity contribution in [1.82, 2.24) is 15.5 Å². The van der Waals surface area contributed by atoms with E-state index in [1.807, 2.05) is 30.3 Å². The number of ether oxygens (including phenoxy) is 1. The Labute approximate surface area is 266 Å². The second-order valence-electron chi connectivity index (χ2n) is 12.3. The van der Waals surface area contributed by atoms with Gasteiger partial charge in [-0.3, -0.25) is 9.59 Å². The van der Waals surface area contributed by atoms with Gasteiger partial charge in [-0.2, -0.15) is 0 Å². The molecular weight excluding hydrogens is 570 g/mol. The number of carbonyl (C=O) groups is 3. The van der Waals surface area contributed by atoms with Gasteiger partial charge in [-0.1, -0.05) is 74.7 Å². The van der Waals surface area contributed by atoms with E-state index in [9.17, 15) is 24.6 Å². The molecule has 0 spiro atoms. The first-order chi connectivity index (χ1) is 21.4. The molecule has 0 aliphatic rings. The van der Waals surface area contributed by atoms with E-state index in [1.54, 1.807) is 52.0 Å². The highest BCUT2D eigenvalue weighted by Gasteiger charge is 2.36. The SMILES string of the molecule is CCCCCCN(C(=O)C(Cc1ccc(O)cc1)NC(=O)OC(C)(C)C)C(C(=O)NCc1ccccc1)c1ccc(O)c(C)c1. The number of benzene rings is 3. The van der Waals surface area contributed by atoms with Gasteiger partial charge >= 0.3 is 6.09 Å². The predicted molar refractivity (Wildman–Crippen MR) is 175 cm³/mol. The summed E-state index contributed by atoms with van der Waals surface area (Å²) in [7, 11) is 0. The number of unbranched alkanes of at least 4 members (excludes halogenated alkanes) is 3. The molecule has 0 saturated heterocycles. The van der Waals surface area contributed by atoms with Crippen molar-refractivity contribution >= 4 is 17.9 Å². The third-order valence-corrected chi connectivity index (χ3v) is 7.31. The van der Waals surface area contributed by atoms with E-state index >= 15 is 0 Å². The standard InChI is InChI=1S/C36H47N3O6/c1-6-7-8-12-21-39(34(43)30(38-35(44)45-36(3,4)5)23-26-15-18-29(40)19-16-26)32(28-17-20-31(41)25(2)22-28)33(42)37-24-27-13-10-9-11-14-27/h9-11,13-20,22,30,32,40-41H,6-8,12,21,23-24H2,1-5H3,(H,37,42)(H,38,44). The molecule has 3 rings (SSSR count). The zero-order chi connectivity index (χ0) is 33.0.